The summed E-state index contributed by atoms with van der Waals surface area (Å²) in [6, 6.07) is 0. The third-order valence-corrected chi connectivity index (χ3v) is 1.33. The van der Waals surface area contributed by atoms with Gasteiger partial charge in [-0.3, -0.25) is 9.59 Å². The van der Waals surface area contributed by atoms with Gasteiger partial charge < -0.3 is 19.7 Å². The Morgan fingerprint density at radius 2 is 1.80 bits per heavy atom. The molecule has 0 rings (SSSR count). The van der Waals surface area contributed by atoms with Crippen molar-refractivity contribution in [3.05, 3.63) is 12.7 Å². The van der Waals surface area contributed by atoms with Gasteiger partial charge in [0.15, 0.2) is 12.7 Å². The summed E-state index contributed by atoms with van der Waals surface area (Å²) in [6.07, 6.45) is 0.898. The van der Waals surface area contributed by atoms with Crippen LogP contribution in [0.1, 0.15) is 0 Å². The molecule has 0 amide bonds. The monoisotopic (exact) mass is 218 g/mol. The molecular formula is C8H10O7. The summed E-state index contributed by atoms with van der Waals surface area (Å²) in [5.74, 6) is -5.44. The van der Waals surface area contributed by atoms with E-state index < -0.39 is 37.2 Å². The number of carboxylic acid groups (broad SMARTS) is 2. The lowest BCUT2D eigenvalue weighted by molar-refractivity contribution is -0.162. The van der Waals surface area contributed by atoms with Gasteiger partial charge in [-0.2, -0.15) is 0 Å². The molecule has 0 fully saturated rings. The third kappa shape index (κ3) is 5.42. The van der Waals surface area contributed by atoms with Crippen molar-refractivity contribution in [1.82, 2.24) is 0 Å². The largest absolute Gasteiger partial charge is 0.481 e. The molecular weight excluding hydrogens is 208 g/mol. The van der Waals surface area contributed by atoms with Gasteiger partial charge >= 0.3 is 17.9 Å². The zero-order valence-electron chi connectivity index (χ0n) is 7.71. The van der Waals surface area contributed by atoms with Crippen molar-refractivity contribution in [1.29, 1.82) is 0 Å². The first-order chi connectivity index (χ1) is 6.99. The van der Waals surface area contributed by atoms with Crippen molar-refractivity contribution >= 4 is 17.9 Å². The summed E-state index contributed by atoms with van der Waals surface area (Å²) < 4.78 is 8.87. The summed E-state index contributed by atoms with van der Waals surface area (Å²) in [6.45, 7) is 2.03. The van der Waals surface area contributed by atoms with E-state index in [0.29, 0.717) is 0 Å². The molecule has 0 heterocycles. The standard InChI is InChI=1S/C8H10O7/c1-2-6(9)15-4-14-3-5(7(10)11)8(12)13/h2,5H,1,3-4H2,(H,10,11)(H,12,13). The van der Waals surface area contributed by atoms with Gasteiger partial charge in [-0.25, -0.2) is 4.79 Å². The highest BCUT2D eigenvalue weighted by Crippen LogP contribution is 1.98. The van der Waals surface area contributed by atoms with Gasteiger partial charge in [0.1, 0.15) is 0 Å². The second kappa shape index (κ2) is 6.55. The number of carbonyl (C=O) groups excluding carboxylic acids is 1. The molecule has 15 heavy (non-hydrogen) atoms. The first-order valence-corrected chi connectivity index (χ1v) is 3.81. The Labute approximate surface area is 84.9 Å². The highest BCUT2D eigenvalue weighted by Gasteiger charge is 2.25. The Morgan fingerprint density at radius 3 is 2.20 bits per heavy atom. The molecule has 0 radical (unpaired) electrons. The van der Waals surface area contributed by atoms with Crippen molar-refractivity contribution in [2.45, 2.75) is 0 Å². The zero-order chi connectivity index (χ0) is 11.8. The van der Waals surface area contributed by atoms with Crippen LogP contribution >= 0.6 is 0 Å². The first-order valence-electron chi connectivity index (χ1n) is 3.81. The lowest BCUT2D eigenvalue weighted by Crippen LogP contribution is -2.28. The smallest absolute Gasteiger partial charge is 0.332 e. The normalized spacial score (nSPS) is 9.67. The molecule has 0 atom stereocenters. The maximum Gasteiger partial charge on any atom is 0.332 e. The van der Waals surface area contributed by atoms with Crippen LogP contribution in [0.25, 0.3) is 0 Å². The van der Waals surface area contributed by atoms with E-state index in [2.05, 4.69) is 16.1 Å². The van der Waals surface area contributed by atoms with Crippen molar-refractivity contribution < 1.29 is 34.1 Å². The van der Waals surface area contributed by atoms with Crippen LogP contribution in [0.15, 0.2) is 12.7 Å². The number of hydrogen-bond acceptors (Lipinski definition) is 5. The number of esters is 1. The number of hydrogen-bond donors (Lipinski definition) is 2. The van der Waals surface area contributed by atoms with Crippen LogP contribution in [-0.2, 0) is 23.9 Å². The topological polar surface area (TPSA) is 110 Å². The van der Waals surface area contributed by atoms with Crippen molar-refractivity contribution in [3.63, 3.8) is 0 Å². The number of rotatable bonds is 7. The summed E-state index contributed by atoms with van der Waals surface area (Å²) in [5.41, 5.74) is 0. The average Bonchev–Trinajstić information content (AvgIpc) is 2.15. The van der Waals surface area contributed by atoms with Gasteiger partial charge in [0, 0.05) is 6.08 Å². The van der Waals surface area contributed by atoms with Gasteiger partial charge in [0.25, 0.3) is 0 Å². The Bertz CT molecular complexity index is 256. The molecule has 0 aromatic heterocycles. The van der Waals surface area contributed by atoms with Gasteiger partial charge in [0.2, 0.25) is 0 Å². The predicted molar refractivity (Wildman–Crippen MR) is 45.9 cm³/mol. The van der Waals surface area contributed by atoms with Crippen LogP contribution in [-0.4, -0.2) is 41.5 Å². The molecule has 7 nitrogen and oxygen atoms in total. The van der Waals surface area contributed by atoms with Crippen LogP contribution in [0.4, 0.5) is 0 Å². The minimum atomic E-state index is -1.67. The molecule has 0 spiro atoms. The quantitative estimate of drug-likeness (QED) is 0.194. The van der Waals surface area contributed by atoms with E-state index in [-0.39, 0.29) is 0 Å². The van der Waals surface area contributed by atoms with Crippen molar-refractivity contribution in [3.8, 4) is 0 Å². The molecule has 84 valence electrons. The fourth-order valence-corrected chi connectivity index (χ4v) is 0.573. The Hall–Kier alpha value is -1.89. The molecule has 0 unspecified atom stereocenters. The van der Waals surface area contributed by atoms with Gasteiger partial charge in [-0.05, 0) is 0 Å². The minimum absolute atomic E-state index is 0.512. The van der Waals surface area contributed by atoms with Crippen LogP contribution in [0.5, 0.6) is 0 Å². The Balaban J connectivity index is 3.82. The Morgan fingerprint density at radius 1 is 1.27 bits per heavy atom. The second-order valence-electron chi connectivity index (χ2n) is 2.39. The molecule has 0 aliphatic rings. The van der Waals surface area contributed by atoms with E-state index in [9.17, 15) is 14.4 Å². The summed E-state index contributed by atoms with van der Waals surface area (Å²) in [7, 11) is 0. The van der Waals surface area contributed by atoms with Crippen molar-refractivity contribution in [2.75, 3.05) is 13.4 Å². The SMILES string of the molecule is C=CC(=O)OCOCC(C(=O)O)C(=O)O. The fourth-order valence-electron chi connectivity index (χ4n) is 0.573. The molecule has 7 heteroatoms. The lowest BCUT2D eigenvalue weighted by atomic mass is 10.2. The van der Waals surface area contributed by atoms with Crippen LogP contribution in [0.3, 0.4) is 0 Å². The minimum Gasteiger partial charge on any atom is -0.481 e. The maximum absolute atomic E-state index is 10.5. The summed E-state index contributed by atoms with van der Waals surface area (Å²) in [4.78, 5) is 31.2. The highest BCUT2D eigenvalue weighted by molar-refractivity contribution is 5.93. The van der Waals surface area contributed by atoms with Gasteiger partial charge in [-0.1, -0.05) is 6.58 Å². The van der Waals surface area contributed by atoms with Gasteiger partial charge in [0.05, 0.1) is 6.61 Å². The predicted octanol–water partition coefficient (Wildman–Crippen LogP) is -0.525. The van der Waals surface area contributed by atoms with E-state index in [0.717, 1.165) is 6.08 Å². The summed E-state index contributed by atoms with van der Waals surface area (Å²) >= 11 is 0. The fraction of sp³-hybridized carbons (Fsp3) is 0.375. The molecule has 2 N–H and O–H groups in total. The van der Waals surface area contributed by atoms with E-state index in [1.54, 1.807) is 0 Å². The van der Waals surface area contributed by atoms with Gasteiger partial charge in [-0.15, -0.1) is 0 Å². The van der Waals surface area contributed by atoms with Crippen LogP contribution in [0.2, 0.25) is 0 Å². The number of carboxylic acids is 2. The third-order valence-electron chi connectivity index (χ3n) is 1.33. The number of aliphatic carboxylic acids is 2. The Kier molecular flexibility index (Phi) is 5.72. The molecule has 0 saturated carbocycles. The average molecular weight is 218 g/mol. The maximum atomic E-state index is 10.5. The molecule has 0 aromatic rings. The molecule has 0 aromatic carbocycles. The van der Waals surface area contributed by atoms with E-state index in [4.69, 9.17) is 10.2 Å². The summed E-state index contributed by atoms with van der Waals surface area (Å²) in [5, 5.41) is 16.8. The van der Waals surface area contributed by atoms with Crippen molar-refractivity contribution in [2.24, 2.45) is 5.92 Å². The molecule has 0 aliphatic heterocycles. The van der Waals surface area contributed by atoms with E-state index in [1.807, 2.05) is 0 Å². The first kappa shape index (κ1) is 13.1. The highest BCUT2D eigenvalue weighted by atomic mass is 16.7. The van der Waals surface area contributed by atoms with E-state index in [1.165, 1.54) is 0 Å². The molecule has 0 aliphatic carbocycles. The number of ether oxygens (including phenoxy) is 2. The van der Waals surface area contributed by atoms with Crippen LogP contribution in [0, 0.1) is 5.92 Å². The molecule has 0 bridgehead atoms. The lowest BCUT2D eigenvalue weighted by Gasteiger charge is -2.07. The van der Waals surface area contributed by atoms with E-state index >= 15 is 0 Å². The zero-order valence-corrected chi connectivity index (χ0v) is 7.71. The second-order valence-corrected chi connectivity index (χ2v) is 2.39. The number of carbonyl (C=O) groups is 3. The molecule has 0 saturated heterocycles. The van der Waals surface area contributed by atoms with Crippen LogP contribution < -0.4 is 0 Å².